The Labute approximate surface area is 161 Å². The number of halogens is 3. The molecule has 0 saturated heterocycles. The van der Waals surface area contributed by atoms with Crippen molar-refractivity contribution >= 4 is 22.4 Å². The third-order valence-electron chi connectivity index (χ3n) is 5.07. The minimum atomic E-state index is -4.43. The van der Waals surface area contributed by atoms with Crippen LogP contribution in [0.4, 0.5) is 24.7 Å². The molecule has 0 spiro atoms. The number of hydrogen-bond acceptors (Lipinski definition) is 4. The van der Waals surface area contributed by atoms with E-state index in [1.54, 1.807) is 6.07 Å². The van der Waals surface area contributed by atoms with Crippen molar-refractivity contribution in [3.63, 3.8) is 0 Å². The van der Waals surface area contributed by atoms with Crippen LogP contribution >= 0.6 is 0 Å². The molecule has 0 unspecified atom stereocenters. The third-order valence-corrected chi connectivity index (χ3v) is 5.07. The minimum absolute atomic E-state index is 0.0874. The van der Waals surface area contributed by atoms with Crippen LogP contribution in [-0.4, -0.2) is 9.97 Å². The molecule has 4 rings (SSSR count). The molecule has 146 valence electrons. The molecule has 2 aromatic carbocycles. The number of aromatic nitrogens is 2. The summed E-state index contributed by atoms with van der Waals surface area (Å²) in [6, 6.07) is 7.83. The van der Waals surface area contributed by atoms with Crippen molar-refractivity contribution in [3.8, 4) is 0 Å². The molecule has 4 nitrogen and oxygen atoms in total. The van der Waals surface area contributed by atoms with Gasteiger partial charge in [0.2, 0.25) is 0 Å². The number of nitrogens with zero attached hydrogens (tertiary/aromatic N) is 2. The van der Waals surface area contributed by atoms with Gasteiger partial charge in [-0.2, -0.15) is 13.2 Å². The van der Waals surface area contributed by atoms with E-state index < -0.39 is 11.7 Å². The van der Waals surface area contributed by atoms with Crippen LogP contribution in [0.15, 0.2) is 30.3 Å². The predicted octanol–water partition coefficient (Wildman–Crippen LogP) is 5.03. The van der Waals surface area contributed by atoms with Crippen LogP contribution in [-0.2, 0) is 25.6 Å². The maximum atomic E-state index is 13.0. The van der Waals surface area contributed by atoms with Gasteiger partial charge in [-0.1, -0.05) is 0 Å². The molecule has 3 aromatic rings. The SMILES string of the molecule is Cc1nc(NCc2cc(N)cc(C(F)(F)F)c2)c2cc3c(cc2n1)CCCC3. The number of fused-ring (bicyclic) bond motifs is 2. The van der Waals surface area contributed by atoms with Gasteiger partial charge in [-0.15, -0.1) is 0 Å². The van der Waals surface area contributed by atoms with Crippen molar-refractivity contribution in [3.05, 3.63) is 58.4 Å². The first-order valence-electron chi connectivity index (χ1n) is 9.30. The lowest BCUT2D eigenvalue weighted by molar-refractivity contribution is -0.137. The van der Waals surface area contributed by atoms with Crippen molar-refractivity contribution in [2.24, 2.45) is 0 Å². The van der Waals surface area contributed by atoms with E-state index in [1.807, 2.05) is 6.92 Å². The second-order valence-corrected chi connectivity index (χ2v) is 7.28. The predicted molar refractivity (Wildman–Crippen MR) is 104 cm³/mol. The number of nitrogens with one attached hydrogen (secondary N) is 1. The maximum Gasteiger partial charge on any atom is 0.416 e. The van der Waals surface area contributed by atoms with Gasteiger partial charge < -0.3 is 11.1 Å². The lowest BCUT2D eigenvalue weighted by Gasteiger charge is -2.18. The van der Waals surface area contributed by atoms with Crippen molar-refractivity contribution in [1.29, 1.82) is 0 Å². The van der Waals surface area contributed by atoms with Gasteiger partial charge in [0.15, 0.2) is 0 Å². The highest BCUT2D eigenvalue weighted by Gasteiger charge is 2.31. The van der Waals surface area contributed by atoms with E-state index in [9.17, 15) is 13.2 Å². The molecule has 7 heteroatoms. The van der Waals surface area contributed by atoms with Crippen molar-refractivity contribution in [1.82, 2.24) is 9.97 Å². The number of anilines is 2. The van der Waals surface area contributed by atoms with Crippen LogP contribution in [0, 0.1) is 6.92 Å². The van der Waals surface area contributed by atoms with Gasteiger partial charge in [-0.25, -0.2) is 9.97 Å². The van der Waals surface area contributed by atoms with Crippen molar-refractivity contribution < 1.29 is 13.2 Å². The van der Waals surface area contributed by atoms with Gasteiger partial charge >= 0.3 is 6.18 Å². The fourth-order valence-corrected chi connectivity index (χ4v) is 3.78. The van der Waals surface area contributed by atoms with Crippen molar-refractivity contribution in [2.45, 2.75) is 45.3 Å². The second-order valence-electron chi connectivity index (χ2n) is 7.28. The largest absolute Gasteiger partial charge is 0.416 e. The maximum absolute atomic E-state index is 13.0. The lowest BCUT2D eigenvalue weighted by atomic mass is 9.90. The summed E-state index contributed by atoms with van der Waals surface area (Å²) in [5.41, 5.74) is 8.95. The molecule has 3 N–H and O–H groups in total. The number of hydrogen-bond donors (Lipinski definition) is 2. The summed E-state index contributed by atoms with van der Waals surface area (Å²) in [7, 11) is 0. The number of alkyl halides is 3. The standard InChI is InChI=1S/C21H21F3N4/c1-12-27-19-9-15-5-3-2-4-14(15)8-18(19)20(28-12)26-11-13-6-16(21(22,23)24)10-17(25)7-13/h6-10H,2-5,11,25H2,1H3,(H,26,27,28). The van der Waals surface area contributed by atoms with Gasteiger partial charge in [0.05, 0.1) is 11.1 Å². The summed E-state index contributed by atoms with van der Waals surface area (Å²) in [6.45, 7) is 2.00. The fraction of sp³-hybridized carbons (Fsp3) is 0.333. The van der Waals surface area contributed by atoms with Crippen LogP contribution in [0.3, 0.4) is 0 Å². The van der Waals surface area contributed by atoms with Crippen LogP contribution in [0.2, 0.25) is 0 Å². The number of nitrogen functional groups attached to an aromatic ring is 1. The normalized spacial score (nSPS) is 14.1. The van der Waals surface area contributed by atoms with E-state index in [0.29, 0.717) is 17.2 Å². The quantitative estimate of drug-likeness (QED) is 0.620. The average molecular weight is 386 g/mol. The Morgan fingerprint density at radius 2 is 1.71 bits per heavy atom. The molecule has 1 heterocycles. The first-order valence-corrected chi connectivity index (χ1v) is 9.30. The zero-order valence-electron chi connectivity index (χ0n) is 15.5. The van der Waals surface area contributed by atoms with Crippen LogP contribution in [0.25, 0.3) is 10.9 Å². The highest BCUT2D eigenvalue weighted by molar-refractivity contribution is 5.90. The monoisotopic (exact) mass is 386 g/mol. The van der Waals surface area contributed by atoms with Gasteiger partial charge in [-0.3, -0.25) is 0 Å². The van der Waals surface area contributed by atoms with E-state index in [1.165, 1.54) is 17.5 Å². The summed E-state index contributed by atoms with van der Waals surface area (Å²) in [5.74, 6) is 1.25. The number of nitrogens with two attached hydrogens (primary N) is 1. The molecule has 0 fully saturated rings. The van der Waals surface area contributed by atoms with Gasteiger partial charge in [0.1, 0.15) is 11.6 Å². The molecule has 0 amide bonds. The van der Waals surface area contributed by atoms with Crippen LogP contribution < -0.4 is 11.1 Å². The molecule has 1 aromatic heterocycles. The highest BCUT2D eigenvalue weighted by Crippen LogP contribution is 2.32. The minimum Gasteiger partial charge on any atom is -0.399 e. The Morgan fingerprint density at radius 1 is 1.00 bits per heavy atom. The zero-order chi connectivity index (χ0) is 19.9. The fourth-order valence-electron chi connectivity index (χ4n) is 3.78. The second kappa shape index (κ2) is 6.96. The van der Waals surface area contributed by atoms with E-state index >= 15 is 0 Å². The Kier molecular flexibility index (Phi) is 4.61. The molecule has 0 saturated carbocycles. The molecular formula is C21H21F3N4. The summed E-state index contributed by atoms with van der Waals surface area (Å²) in [6.07, 6.45) is 0.00683. The molecule has 0 atom stereocenters. The first-order chi connectivity index (χ1) is 13.3. The highest BCUT2D eigenvalue weighted by atomic mass is 19.4. The van der Waals surface area contributed by atoms with E-state index in [-0.39, 0.29) is 12.2 Å². The number of aryl methyl sites for hydroxylation is 3. The molecular weight excluding hydrogens is 365 g/mol. The summed E-state index contributed by atoms with van der Waals surface area (Å²) in [4.78, 5) is 9.02. The third kappa shape index (κ3) is 3.74. The van der Waals surface area contributed by atoms with Crippen molar-refractivity contribution in [2.75, 3.05) is 11.1 Å². The molecule has 0 radical (unpaired) electrons. The lowest BCUT2D eigenvalue weighted by Crippen LogP contribution is -2.10. The van der Waals surface area contributed by atoms with Gasteiger partial charge in [0.25, 0.3) is 0 Å². The number of benzene rings is 2. The first kappa shape index (κ1) is 18.5. The Bertz CT molecular complexity index is 1040. The molecule has 1 aliphatic rings. The van der Waals surface area contributed by atoms with Crippen LogP contribution in [0.1, 0.15) is 40.9 Å². The Balaban J connectivity index is 1.68. The molecule has 0 aliphatic heterocycles. The van der Waals surface area contributed by atoms with E-state index in [4.69, 9.17) is 5.73 Å². The van der Waals surface area contributed by atoms with E-state index in [2.05, 4.69) is 27.4 Å². The number of rotatable bonds is 3. The topological polar surface area (TPSA) is 63.8 Å². The summed E-state index contributed by atoms with van der Waals surface area (Å²) < 4.78 is 39.1. The summed E-state index contributed by atoms with van der Waals surface area (Å²) in [5, 5.41) is 4.08. The smallest absolute Gasteiger partial charge is 0.399 e. The Hall–Kier alpha value is -2.83. The van der Waals surface area contributed by atoms with Crippen LogP contribution in [0.5, 0.6) is 0 Å². The Morgan fingerprint density at radius 3 is 2.43 bits per heavy atom. The van der Waals surface area contributed by atoms with Gasteiger partial charge in [-0.05, 0) is 79.6 Å². The molecule has 0 bridgehead atoms. The summed E-state index contributed by atoms with van der Waals surface area (Å²) >= 11 is 0. The van der Waals surface area contributed by atoms with E-state index in [0.717, 1.165) is 42.3 Å². The average Bonchev–Trinajstić information content (AvgIpc) is 2.63. The zero-order valence-corrected chi connectivity index (χ0v) is 15.5. The molecule has 1 aliphatic carbocycles. The molecule has 28 heavy (non-hydrogen) atoms. The van der Waals surface area contributed by atoms with Gasteiger partial charge in [0, 0.05) is 17.6 Å².